The average molecular weight is 673 g/mol. The van der Waals surface area contributed by atoms with Crippen LogP contribution in [-0.2, 0) is 23.6 Å². The van der Waals surface area contributed by atoms with Crippen molar-refractivity contribution in [2.75, 3.05) is 0 Å². The molecule has 10 rings (SSSR count). The van der Waals surface area contributed by atoms with Gasteiger partial charge in [-0.05, 0) is 89.3 Å². The predicted octanol–water partition coefficient (Wildman–Crippen LogP) is 10.7. The second-order valence-electron chi connectivity index (χ2n) is 13.2. The Morgan fingerprint density at radius 1 is 0.340 bits per heavy atom. The molecule has 8 heteroatoms. The molecule has 0 amide bonds. The number of hydrogen-bond acceptors (Lipinski definition) is 2. The molecule has 0 saturated heterocycles. The van der Waals surface area contributed by atoms with Gasteiger partial charge in [0.1, 0.15) is 11.2 Å². The van der Waals surface area contributed by atoms with E-state index in [1.807, 2.05) is 24.3 Å². The number of hydrogen-bond donors (Lipinski definition) is 2. The van der Waals surface area contributed by atoms with Crippen LogP contribution in [0.1, 0.15) is 44.5 Å². The highest BCUT2D eigenvalue weighted by Crippen LogP contribution is 2.59. The van der Waals surface area contributed by atoms with Crippen LogP contribution in [0.2, 0.25) is 0 Å². The fraction of sp³-hybridized carbons (Fsp3) is 0.0952. The van der Waals surface area contributed by atoms with Crippen molar-refractivity contribution in [2.45, 2.75) is 23.6 Å². The van der Waals surface area contributed by atoms with E-state index in [9.17, 15) is 36.6 Å². The fourth-order valence-corrected chi connectivity index (χ4v) is 8.85. The first-order chi connectivity index (χ1) is 23.8. The van der Waals surface area contributed by atoms with Crippen LogP contribution in [0.15, 0.2) is 121 Å². The summed E-state index contributed by atoms with van der Waals surface area (Å²) in [6.07, 6.45) is -9.09. The summed E-state index contributed by atoms with van der Waals surface area (Å²) in [5, 5.41) is 33.7. The molecular weight excluding hydrogens is 650 g/mol. The zero-order valence-corrected chi connectivity index (χ0v) is 25.7. The first-order valence-electron chi connectivity index (χ1n) is 15.9. The lowest BCUT2D eigenvalue weighted by molar-refractivity contribution is -0.138. The maximum absolute atomic E-state index is 13.6. The largest absolute Gasteiger partial charge is 0.416 e. The summed E-state index contributed by atoms with van der Waals surface area (Å²) < 4.78 is 81.7. The molecule has 2 aliphatic rings. The van der Waals surface area contributed by atoms with Gasteiger partial charge in [0, 0.05) is 22.3 Å². The number of rotatable bonds is 2. The van der Waals surface area contributed by atoms with Gasteiger partial charge >= 0.3 is 12.4 Å². The molecule has 2 N–H and O–H groups in total. The van der Waals surface area contributed by atoms with E-state index < -0.39 is 34.7 Å². The summed E-state index contributed by atoms with van der Waals surface area (Å²) in [5.74, 6) is 0. The molecule has 244 valence electrons. The van der Waals surface area contributed by atoms with E-state index in [4.69, 9.17) is 0 Å². The molecule has 8 aromatic rings. The minimum atomic E-state index is -4.55. The molecular formula is C42H22F6O2. The van der Waals surface area contributed by atoms with E-state index in [0.717, 1.165) is 78.1 Å². The Bertz CT molecular complexity index is 2480. The molecule has 0 radical (unpaired) electrons. The van der Waals surface area contributed by atoms with Crippen LogP contribution in [-0.4, -0.2) is 10.2 Å². The molecule has 0 heterocycles. The van der Waals surface area contributed by atoms with Crippen molar-refractivity contribution >= 4 is 53.9 Å². The third kappa shape index (κ3) is 3.42. The number of aliphatic hydroxyl groups is 2. The topological polar surface area (TPSA) is 40.5 Å². The van der Waals surface area contributed by atoms with Crippen LogP contribution < -0.4 is 0 Å². The fourth-order valence-electron chi connectivity index (χ4n) is 8.85. The summed E-state index contributed by atoms with van der Waals surface area (Å²) in [6, 6.07) is 31.4. The Labute approximate surface area is 279 Å². The van der Waals surface area contributed by atoms with Gasteiger partial charge in [0.05, 0.1) is 11.1 Å². The number of halogens is 6. The van der Waals surface area contributed by atoms with E-state index in [1.165, 1.54) is 24.3 Å². The monoisotopic (exact) mass is 672 g/mol. The van der Waals surface area contributed by atoms with E-state index in [-0.39, 0.29) is 11.1 Å². The van der Waals surface area contributed by atoms with Gasteiger partial charge in [-0.15, -0.1) is 0 Å². The van der Waals surface area contributed by atoms with Gasteiger partial charge in [-0.1, -0.05) is 97.1 Å². The molecule has 2 nitrogen and oxygen atoms in total. The third-order valence-corrected chi connectivity index (χ3v) is 10.9. The van der Waals surface area contributed by atoms with Gasteiger partial charge in [0.25, 0.3) is 0 Å². The van der Waals surface area contributed by atoms with Crippen LogP contribution >= 0.6 is 0 Å². The number of benzene rings is 8. The number of fused-ring (bicyclic) bond motifs is 2. The van der Waals surface area contributed by atoms with Crippen LogP contribution in [0.3, 0.4) is 0 Å². The first kappa shape index (κ1) is 29.5. The smallest absolute Gasteiger partial charge is 0.376 e. The van der Waals surface area contributed by atoms with Gasteiger partial charge in [-0.2, -0.15) is 26.3 Å². The molecule has 0 aliphatic heterocycles. The van der Waals surface area contributed by atoms with Gasteiger partial charge in [-0.25, -0.2) is 0 Å². The van der Waals surface area contributed by atoms with Crippen molar-refractivity contribution < 1.29 is 36.6 Å². The minimum absolute atomic E-state index is 0.288. The Balaban J connectivity index is 1.40. The van der Waals surface area contributed by atoms with Gasteiger partial charge in [0.15, 0.2) is 0 Å². The summed E-state index contributed by atoms with van der Waals surface area (Å²) in [4.78, 5) is 0. The Hall–Kier alpha value is -5.44. The van der Waals surface area contributed by atoms with Crippen molar-refractivity contribution in [3.8, 4) is 0 Å². The predicted molar refractivity (Wildman–Crippen MR) is 181 cm³/mol. The molecule has 0 saturated carbocycles. The minimum Gasteiger partial charge on any atom is -0.376 e. The third-order valence-electron chi connectivity index (χ3n) is 10.9. The summed E-state index contributed by atoms with van der Waals surface area (Å²) in [6.45, 7) is 0. The molecule has 50 heavy (non-hydrogen) atoms. The van der Waals surface area contributed by atoms with Gasteiger partial charge < -0.3 is 10.2 Å². The first-order valence-corrected chi connectivity index (χ1v) is 15.9. The van der Waals surface area contributed by atoms with Crippen LogP contribution in [0.4, 0.5) is 26.3 Å². The van der Waals surface area contributed by atoms with E-state index in [2.05, 4.69) is 0 Å². The van der Waals surface area contributed by atoms with Gasteiger partial charge in [-0.3, -0.25) is 0 Å². The van der Waals surface area contributed by atoms with Crippen LogP contribution in [0.25, 0.3) is 53.9 Å². The maximum Gasteiger partial charge on any atom is 0.416 e. The molecule has 0 spiro atoms. The van der Waals surface area contributed by atoms with Crippen molar-refractivity contribution in [1.29, 1.82) is 0 Å². The van der Waals surface area contributed by atoms with Crippen molar-refractivity contribution in [1.82, 2.24) is 0 Å². The highest BCUT2D eigenvalue weighted by Gasteiger charge is 2.46. The summed E-state index contributed by atoms with van der Waals surface area (Å²) in [7, 11) is 0. The molecule has 0 atom stereocenters. The Morgan fingerprint density at radius 2 is 0.600 bits per heavy atom. The second kappa shape index (κ2) is 9.21. The molecule has 2 aliphatic carbocycles. The zero-order valence-electron chi connectivity index (χ0n) is 25.7. The summed E-state index contributed by atoms with van der Waals surface area (Å²) >= 11 is 0. The van der Waals surface area contributed by atoms with Crippen LogP contribution in [0.5, 0.6) is 0 Å². The van der Waals surface area contributed by atoms with Gasteiger partial charge in [0.2, 0.25) is 0 Å². The lowest BCUT2D eigenvalue weighted by Crippen LogP contribution is -2.33. The quantitative estimate of drug-likeness (QED) is 0.142. The van der Waals surface area contributed by atoms with E-state index in [0.29, 0.717) is 22.3 Å². The van der Waals surface area contributed by atoms with E-state index in [1.54, 1.807) is 48.5 Å². The molecule has 0 unspecified atom stereocenters. The summed E-state index contributed by atoms with van der Waals surface area (Å²) in [5.41, 5.74) is -2.63. The standard InChI is InChI=1S/C42H22F6O2/c43-41(44,45)23-17-13-21(14-18-23)39(49)29-9-1-5-25-26-6-2-11-31-34(26)38-36-28(27-7-3-10-30(39)35(27)37(38)33(25)29)8-4-12-32(36)40(31,50)22-15-19-24(20-16-22)42(46,47)48/h1-20,49-50H. The Morgan fingerprint density at radius 3 is 0.840 bits per heavy atom. The highest BCUT2D eigenvalue weighted by atomic mass is 19.4. The maximum atomic E-state index is 13.6. The average Bonchev–Trinajstić information content (AvgIpc) is 3.11. The lowest BCUT2D eigenvalue weighted by Gasteiger charge is -2.40. The van der Waals surface area contributed by atoms with Crippen molar-refractivity contribution in [3.63, 3.8) is 0 Å². The highest BCUT2D eigenvalue weighted by molar-refractivity contribution is 6.43. The van der Waals surface area contributed by atoms with Crippen LogP contribution in [0, 0.1) is 0 Å². The molecule has 8 aromatic carbocycles. The molecule has 0 bridgehead atoms. The lowest BCUT2D eigenvalue weighted by atomic mass is 9.66. The SMILES string of the molecule is OC1(c2ccc(C(F)(F)F)cc2)c2cccc3c4cccc5c4c4c6c(cccc6c6cccc1c6c4c23)C5(O)c1ccc(C(F)(F)F)cc1. The molecule has 0 fully saturated rings. The Kier molecular flexibility index (Phi) is 5.43. The van der Waals surface area contributed by atoms with Crippen molar-refractivity contribution in [3.05, 3.63) is 166 Å². The normalized spacial score (nSPS) is 15.9. The van der Waals surface area contributed by atoms with Crippen molar-refractivity contribution in [2.24, 2.45) is 0 Å². The zero-order chi connectivity index (χ0) is 34.5. The second-order valence-corrected chi connectivity index (χ2v) is 13.2. The number of alkyl halides is 6. The van der Waals surface area contributed by atoms with E-state index >= 15 is 0 Å². The molecule has 0 aromatic heterocycles.